The predicted octanol–water partition coefficient (Wildman–Crippen LogP) is 11.9. The van der Waals surface area contributed by atoms with Gasteiger partial charge in [0.05, 0.1) is 11.0 Å². The summed E-state index contributed by atoms with van der Waals surface area (Å²) in [5.41, 5.74) is 9.57. The van der Waals surface area contributed by atoms with Crippen molar-refractivity contribution in [3.63, 3.8) is 0 Å². The second-order valence-electron chi connectivity index (χ2n) is 13.3. The summed E-state index contributed by atoms with van der Waals surface area (Å²) >= 11 is 0. The molecule has 0 amide bonds. The van der Waals surface area contributed by atoms with Gasteiger partial charge in [0.2, 0.25) is 0 Å². The summed E-state index contributed by atoms with van der Waals surface area (Å²) in [5, 5.41) is 8.35. The fourth-order valence-corrected chi connectivity index (χ4v) is 10.5. The third kappa shape index (κ3) is 4.43. The maximum atomic E-state index is 6.93. The second-order valence-corrected chi connectivity index (χ2v) is 15.5. The lowest BCUT2D eigenvalue weighted by molar-refractivity contribution is 0.490. The molecule has 244 valence electrons. The average Bonchev–Trinajstić information content (AvgIpc) is 3.75. The highest BCUT2D eigenvalue weighted by Gasteiger charge is 2.31. The van der Waals surface area contributed by atoms with Gasteiger partial charge in [-0.1, -0.05) is 140 Å². The Morgan fingerprint density at radius 2 is 1.15 bits per heavy atom. The zero-order valence-electron chi connectivity index (χ0n) is 28.0. The summed E-state index contributed by atoms with van der Waals surface area (Å²) in [6, 6.07) is 65.1. The van der Waals surface area contributed by atoms with Gasteiger partial charge in [-0.15, -0.1) is 0 Å². The molecule has 11 rings (SSSR count). The molecule has 10 aromatic rings. The predicted molar refractivity (Wildman–Crippen MR) is 218 cm³/mol. The molecule has 0 bridgehead atoms. The highest BCUT2D eigenvalue weighted by Crippen LogP contribution is 2.50. The number of para-hydroxylation sites is 4. The number of hydrogen-bond donors (Lipinski definition) is 0. The van der Waals surface area contributed by atoms with Crippen molar-refractivity contribution >= 4 is 67.6 Å². The van der Waals surface area contributed by atoms with Crippen LogP contribution in [0.4, 0.5) is 0 Å². The smallest absolute Gasteiger partial charge is 0.143 e. The lowest BCUT2D eigenvalue weighted by Crippen LogP contribution is -2.27. The maximum Gasteiger partial charge on any atom is 0.143 e. The van der Waals surface area contributed by atoms with Gasteiger partial charge < -0.3 is 13.7 Å². The van der Waals surface area contributed by atoms with Gasteiger partial charge in [-0.05, 0) is 66.8 Å². The number of ether oxygens (including phenoxy) is 1. The number of hydrogen-bond acceptors (Lipinski definition) is 2. The van der Waals surface area contributed by atoms with Crippen LogP contribution in [-0.2, 0) is 0 Å². The molecule has 1 unspecified atom stereocenters. The van der Waals surface area contributed by atoms with E-state index in [0.29, 0.717) is 0 Å². The lowest BCUT2D eigenvalue weighted by atomic mass is 10.00. The normalized spacial score (nSPS) is 13.7. The van der Waals surface area contributed by atoms with Crippen molar-refractivity contribution in [2.24, 2.45) is 0 Å². The molecule has 2 aromatic heterocycles. The van der Waals surface area contributed by atoms with Gasteiger partial charge in [0.15, 0.2) is 0 Å². The molecule has 1 aliphatic heterocycles. The maximum absolute atomic E-state index is 6.93. The SMILES string of the molecule is c1ccc(-c2ccc3c(c2)c2ccccc2n3-c2cc(-c3cccc4c3Oc3ccccc3P4c3ccccc3)c3oc4ccccc4c3c2)cc1. The molecule has 0 aliphatic carbocycles. The van der Waals surface area contributed by atoms with Gasteiger partial charge in [0.25, 0.3) is 0 Å². The van der Waals surface area contributed by atoms with E-state index in [4.69, 9.17) is 9.15 Å². The van der Waals surface area contributed by atoms with Gasteiger partial charge in [0, 0.05) is 49.0 Å². The van der Waals surface area contributed by atoms with E-state index in [2.05, 4.69) is 180 Å². The highest BCUT2D eigenvalue weighted by atomic mass is 31.1. The average molecular weight is 684 g/mol. The molecule has 0 spiro atoms. The van der Waals surface area contributed by atoms with E-state index in [-0.39, 0.29) is 0 Å². The van der Waals surface area contributed by atoms with E-state index in [1.165, 1.54) is 37.8 Å². The minimum atomic E-state index is -0.842. The van der Waals surface area contributed by atoms with Crippen LogP contribution in [0.25, 0.3) is 71.7 Å². The first-order chi connectivity index (χ1) is 25.8. The Bertz CT molecular complexity index is 3000. The summed E-state index contributed by atoms with van der Waals surface area (Å²) in [6.07, 6.45) is 0. The minimum absolute atomic E-state index is 0.842. The highest BCUT2D eigenvalue weighted by molar-refractivity contribution is 7.80. The summed E-state index contributed by atoms with van der Waals surface area (Å²) in [6.45, 7) is 0. The van der Waals surface area contributed by atoms with E-state index in [1.54, 1.807) is 0 Å². The van der Waals surface area contributed by atoms with Crippen LogP contribution in [0.1, 0.15) is 0 Å². The first-order valence-corrected chi connectivity index (χ1v) is 18.9. The van der Waals surface area contributed by atoms with Crippen molar-refractivity contribution in [1.29, 1.82) is 0 Å². The van der Waals surface area contributed by atoms with Crippen molar-refractivity contribution < 1.29 is 9.15 Å². The molecule has 0 fully saturated rings. The van der Waals surface area contributed by atoms with Gasteiger partial charge >= 0.3 is 0 Å². The second kappa shape index (κ2) is 11.6. The van der Waals surface area contributed by atoms with Crippen molar-refractivity contribution in [2.45, 2.75) is 0 Å². The summed E-state index contributed by atoms with van der Waals surface area (Å²) in [4.78, 5) is 0. The van der Waals surface area contributed by atoms with Crippen LogP contribution in [-0.4, -0.2) is 4.57 Å². The van der Waals surface area contributed by atoms with Crippen molar-refractivity contribution in [2.75, 3.05) is 0 Å². The van der Waals surface area contributed by atoms with Gasteiger partial charge in [0.1, 0.15) is 22.7 Å². The number of fused-ring (bicyclic) bond motifs is 8. The molecule has 3 nitrogen and oxygen atoms in total. The Kier molecular flexibility index (Phi) is 6.52. The van der Waals surface area contributed by atoms with Crippen molar-refractivity contribution in [1.82, 2.24) is 4.57 Å². The van der Waals surface area contributed by atoms with E-state index >= 15 is 0 Å². The Morgan fingerprint density at radius 3 is 2.04 bits per heavy atom. The van der Waals surface area contributed by atoms with Gasteiger partial charge in [-0.25, -0.2) is 0 Å². The zero-order chi connectivity index (χ0) is 34.2. The Balaban J connectivity index is 1.20. The molecule has 0 saturated carbocycles. The van der Waals surface area contributed by atoms with Crippen LogP contribution in [0, 0.1) is 0 Å². The quantitative estimate of drug-likeness (QED) is 0.173. The standard InChI is InChI=1S/C48H30NO2P/c1-3-14-31(15-4-1)32-26-27-42-38(28-32)35-18-7-9-21-41(35)49(42)33-29-39-36-19-8-10-22-43(36)50-47(39)40(30-33)37-20-13-25-46-48(37)51-44-23-11-12-24-45(44)52(46)34-16-5-2-6-17-34/h1-30H. The fourth-order valence-electron chi connectivity index (χ4n) is 8.05. The van der Waals surface area contributed by atoms with E-state index < -0.39 is 7.92 Å². The third-order valence-electron chi connectivity index (χ3n) is 10.4. The molecule has 8 aromatic carbocycles. The van der Waals surface area contributed by atoms with Gasteiger partial charge in [-0.3, -0.25) is 0 Å². The number of rotatable bonds is 4. The van der Waals surface area contributed by atoms with E-state index in [9.17, 15) is 0 Å². The van der Waals surface area contributed by atoms with Crippen molar-refractivity contribution in [3.05, 3.63) is 182 Å². The molecular formula is C48H30NO2P. The summed E-state index contributed by atoms with van der Waals surface area (Å²) in [7, 11) is -0.842. The number of aromatic nitrogens is 1. The minimum Gasteiger partial charge on any atom is -0.455 e. The van der Waals surface area contributed by atoms with E-state index in [0.717, 1.165) is 61.3 Å². The number of benzene rings is 8. The molecular weight excluding hydrogens is 654 g/mol. The van der Waals surface area contributed by atoms with Crippen LogP contribution in [0.5, 0.6) is 11.5 Å². The van der Waals surface area contributed by atoms with Crippen LogP contribution >= 0.6 is 7.92 Å². The zero-order valence-corrected chi connectivity index (χ0v) is 28.9. The van der Waals surface area contributed by atoms with Crippen molar-refractivity contribution in [3.8, 4) is 39.4 Å². The molecule has 0 N–H and O–H groups in total. The first-order valence-electron chi connectivity index (χ1n) is 17.6. The third-order valence-corrected chi connectivity index (χ3v) is 12.9. The Hall–Kier alpha value is -6.41. The monoisotopic (exact) mass is 683 g/mol. The lowest BCUT2D eigenvalue weighted by Gasteiger charge is -2.30. The first kappa shape index (κ1) is 29.3. The summed E-state index contributed by atoms with van der Waals surface area (Å²) in [5.74, 6) is 1.80. The van der Waals surface area contributed by atoms with Crippen LogP contribution < -0.4 is 20.7 Å². The fraction of sp³-hybridized carbons (Fsp3) is 0. The van der Waals surface area contributed by atoms with Crippen LogP contribution in [0.2, 0.25) is 0 Å². The topological polar surface area (TPSA) is 27.3 Å². The molecule has 4 heteroatoms. The van der Waals surface area contributed by atoms with Crippen LogP contribution in [0.15, 0.2) is 186 Å². The number of furan rings is 1. The molecule has 1 aliphatic rings. The molecule has 0 saturated heterocycles. The Labute approximate surface area is 301 Å². The molecule has 3 heterocycles. The largest absolute Gasteiger partial charge is 0.455 e. The van der Waals surface area contributed by atoms with Crippen LogP contribution in [0.3, 0.4) is 0 Å². The molecule has 52 heavy (non-hydrogen) atoms. The van der Waals surface area contributed by atoms with Gasteiger partial charge in [-0.2, -0.15) is 0 Å². The summed E-state index contributed by atoms with van der Waals surface area (Å²) < 4.78 is 16.1. The molecule has 0 radical (unpaired) electrons. The molecule has 1 atom stereocenters. The van der Waals surface area contributed by atoms with E-state index in [1.807, 2.05) is 6.07 Å². The number of nitrogens with zero attached hydrogens (tertiary/aromatic N) is 1. The Morgan fingerprint density at radius 1 is 0.442 bits per heavy atom.